The van der Waals surface area contributed by atoms with Crippen LogP contribution in [0.4, 0.5) is 5.69 Å². The number of thioether (sulfide) groups is 2. The van der Waals surface area contributed by atoms with Crippen molar-refractivity contribution in [1.29, 1.82) is 0 Å². The first kappa shape index (κ1) is 18.9. The van der Waals surface area contributed by atoms with Crippen LogP contribution in [0, 0.1) is 0 Å². The predicted molar refractivity (Wildman–Crippen MR) is 101 cm³/mol. The number of carbonyl (C=O) groups is 1. The topological polar surface area (TPSA) is 54.9 Å². The summed E-state index contributed by atoms with van der Waals surface area (Å²) < 4.78 is 1.73. The van der Waals surface area contributed by atoms with Gasteiger partial charge in [-0.15, -0.1) is 10.2 Å². The lowest BCUT2D eigenvalue weighted by Crippen LogP contribution is -2.14. The number of rotatable bonds is 8. The van der Waals surface area contributed by atoms with E-state index < -0.39 is 0 Å². The van der Waals surface area contributed by atoms with Gasteiger partial charge in [-0.05, 0) is 24.6 Å². The van der Waals surface area contributed by atoms with Gasteiger partial charge in [0.1, 0.15) is 0 Å². The van der Waals surface area contributed by atoms with Gasteiger partial charge in [0, 0.05) is 10.8 Å². The first-order valence-corrected chi connectivity index (χ1v) is 10.5. The predicted octanol–water partition coefficient (Wildman–Crippen LogP) is 5.47. The molecule has 1 aromatic heterocycles. The highest BCUT2D eigenvalue weighted by Crippen LogP contribution is 2.30. The Morgan fingerprint density at radius 2 is 2.00 bits per heavy atom. The molecule has 0 saturated heterocycles. The number of unbranched alkanes of at least 4 members (excludes halogenated alkanes) is 1. The van der Waals surface area contributed by atoms with Gasteiger partial charge in [-0.2, -0.15) is 0 Å². The second kappa shape index (κ2) is 9.74. The first-order chi connectivity index (χ1) is 11.1. The van der Waals surface area contributed by atoms with E-state index in [0.717, 1.165) is 20.9 Å². The van der Waals surface area contributed by atoms with Gasteiger partial charge in [0.05, 0.1) is 16.5 Å². The molecular formula is C14H15Cl2N3OS3. The summed E-state index contributed by atoms with van der Waals surface area (Å²) in [5, 5.41) is 11.9. The van der Waals surface area contributed by atoms with Crippen LogP contribution >= 0.6 is 58.1 Å². The minimum Gasteiger partial charge on any atom is -0.324 e. The molecule has 0 radical (unpaired) electrons. The Labute approximate surface area is 157 Å². The van der Waals surface area contributed by atoms with Crippen molar-refractivity contribution in [2.75, 3.05) is 16.8 Å². The SMILES string of the molecule is CCCCSc1nnc(SCC(=O)Nc2cc(Cl)ccc2Cl)s1. The molecule has 1 heterocycles. The van der Waals surface area contributed by atoms with E-state index in [1.165, 1.54) is 29.5 Å². The zero-order chi connectivity index (χ0) is 16.7. The van der Waals surface area contributed by atoms with Crippen LogP contribution < -0.4 is 5.32 Å². The first-order valence-electron chi connectivity index (χ1n) is 6.92. The maximum Gasteiger partial charge on any atom is 0.234 e. The third kappa shape index (κ3) is 6.51. The molecule has 2 rings (SSSR count). The lowest BCUT2D eigenvalue weighted by molar-refractivity contribution is -0.113. The van der Waals surface area contributed by atoms with Crippen LogP contribution in [0.3, 0.4) is 0 Å². The maximum absolute atomic E-state index is 12.0. The second-order valence-electron chi connectivity index (χ2n) is 4.50. The van der Waals surface area contributed by atoms with E-state index in [1.807, 2.05) is 0 Å². The van der Waals surface area contributed by atoms with Crippen LogP contribution in [0.15, 0.2) is 26.9 Å². The second-order valence-corrected chi connectivity index (χ2v) is 8.88. The summed E-state index contributed by atoms with van der Waals surface area (Å²) in [6.07, 6.45) is 2.33. The fraction of sp³-hybridized carbons (Fsp3) is 0.357. The van der Waals surface area contributed by atoms with E-state index in [0.29, 0.717) is 15.7 Å². The number of benzene rings is 1. The van der Waals surface area contributed by atoms with Gasteiger partial charge >= 0.3 is 0 Å². The molecule has 0 aliphatic carbocycles. The average Bonchev–Trinajstić information content (AvgIpc) is 2.97. The summed E-state index contributed by atoms with van der Waals surface area (Å²) in [4.78, 5) is 12.0. The smallest absolute Gasteiger partial charge is 0.234 e. The summed E-state index contributed by atoms with van der Waals surface area (Å²) in [5.41, 5.74) is 0.512. The van der Waals surface area contributed by atoms with Gasteiger partial charge in [-0.25, -0.2) is 0 Å². The molecule has 0 fully saturated rings. The summed E-state index contributed by atoms with van der Waals surface area (Å²) in [7, 11) is 0. The highest BCUT2D eigenvalue weighted by Gasteiger charge is 2.10. The Bertz CT molecular complexity index is 666. The quantitative estimate of drug-likeness (QED) is 0.464. The Balaban J connectivity index is 1.81. The number of hydrogen-bond acceptors (Lipinski definition) is 6. The lowest BCUT2D eigenvalue weighted by atomic mass is 10.3. The summed E-state index contributed by atoms with van der Waals surface area (Å²) in [6, 6.07) is 4.95. The van der Waals surface area contributed by atoms with Crippen LogP contribution in [0.2, 0.25) is 10.0 Å². The van der Waals surface area contributed by atoms with Crippen molar-refractivity contribution in [1.82, 2.24) is 10.2 Å². The van der Waals surface area contributed by atoms with Gasteiger partial charge < -0.3 is 5.32 Å². The Morgan fingerprint density at radius 1 is 1.26 bits per heavy atom. The van der Waals surface area contributed by atoms with Gasteiger partial charge in [0.25, 0.3) is 0 Å². The Hall–Kier alpha value is -0.470. The number of anilines is 1. The van der Waals surface area contributed by atoms with Crippen LogP contribution in [0.1, 0.15) is 19.8 Å². The molecule has 124 valence electrons. The van der Waals surface area contributed by atoms with E-state index >= 15 is 0 Å². The van der Waals surface area contributed by atoms with Crippen molar-refractivity contribution in [3.63, 3.8) is 0 Å². The Kier molecular flexibility index (Phi) is 7.98. The number of hydrogen-bond donors (Lipinski definition) is 1. The number of aromatic nitrogens is 2. The van der Waals surface area contributed by atoms with Crippen LogP contribution in [0.25, 0.3) is 0 Å². The minimum atomic E-state index is -0.158. The van der Waals surface area contributed by atoms with Gasteiger partial charge in [-0.1, -0.05) is 71.4 Å². The lowest BCUT2D eigenvalue weighted by Gasteiger charge is -2.06. The normalized spacial score (nSPS) is 10.7. The van der Waals surface area contributed by atoms with Crippen molar-refractivity contribution in [2.45, 2.75) is 28.4 Å². The molecule has 0 aliphatic rings. The van der Waals surface area contributed by atoms with Crippen molar-refractivity contribution < 1.29 is 4.79 Å². The fourth-order valence-corrected chi connectivity index (χ4v) is 4.84. The third-order valence-electron chi connectivity index (χ3n) is 2.64. The molecule has 0 saturated carbocycles. The molecule has 2 aromatic rings. The summed E-state index contributed by atoms with van der Waals surface area (Å²) >= 11 is 16.5. The molecular weight excluding hydrogens is 393 g/mol. The van der Waals surface area contributed by atoms with Crippen LogP contribution in [-0.2, 0) is 4.79 Å². The number of nitrogens with zero attached hydrogens (tertiary/aromatic N) is 2. The zero-order valence-electron chi connectivity index (χ0n) is 12.3. The molecule has 23 heavy (non-hydrogen) atoms. The minimum absolute atomic E-state index is 0.158. The molecule has 0 aliphatic heterocycles. The molecule has 0 unspecified atom stereocenters. The van der Waals surface area contributed by atoms with Crippen molar-refractivity contribution >= 4 is 69.7 Å². The Morgan fingerprint density at radius 3 is 2.74 bits per heavy atom. The summed E-state index contributed by atoms with van der Waals surface area (Å²) in [6.45, 7) is 2.16. The number of nitrogens with one attached hydrogen (secondary N) is 1. The number of carbonyl (C=O) groups excluding carboxylic acids is 1. The van der Waals surface area contributed by atoms with E-state index in [1.54, 1.807) is 30.0 Å². The number of amides is 1. The molecule has 1 aromatic carbocycles. The molecule has 0 bridgehead atoms. The average molecular weight is 408 g/mol. The zero-order valence-corrected chi connectivity index (χ0v) is 16.3. The maximum atomic E-state index is 12.0. The van der Waals surface area contributed by atoms with E-state index in [4.69, 9.17) is 23.2 Å². The molecule has 0 spiro atoms. The molecule has 1 N–H and O–H groups in total. The van der Waals surface area contributed by atoms with Gasteiger partial charge in [0.15, 0.2) is 8.68 Å². The highest BCUT2D eigenvalue weighted by atomic mass is 35.5. The van der Waals surface area contributed by atoms with E-state index in [-0.39, 0.29) is 11.7 Å². The van der Waals surface area contributed by atoms with Crippen LogP contribution in [0.5, 0.6) is 0 Å². The van der Waals surface area contributed by atoms with Crippen molar-refractivity contribution in [2.24, 2.45) is 0 Å². The highest BCUT2D eigenvalue weighted by molar-refractivity contribution is 8.03. The van der Waals surface area contributed by atoms with E-state index in [2.05, 4.69) is 22.4 Å². The molecule has 4 nitrogen and oxygen atoms in total. The van der Waals surface area contributed by atoms with Crippen molar-refractivity contribution in [3.8, 4) is 0 Å². The third-order valence-corrected chi connectivity index (χ3v) is 6.48. The standard InChI is InChI=1S/C14H15Cl2N3OS3/c1-2-3-6-21-13-18-19-14(23-13)22-8-12(20)17-11-7-9(15)4-5-10(11)16/h4-5,7H,2-3,6,8H2,1H3,(H,17,20). The van der Waals surface area contributed by atoms with Gasteiger partial charge in [0.2, 0.25) is 5.91 Å². The monoisotopic (exact) mass is 407 g/mol. The summed E-state index contributed by atoms with van der Waals surface area (Å²) in [5.74, 6) is 1.13. The van der Waals surface area contributed by atoms with Gasteiger partial charge in [-0.3, -0.25) is 4.79 Å². The molecule has 1 amide bonds. The molecule has 0 atom stereocenters. The van der Waals surface area contributed by atoms with E-state index in [9.17, 15) is 4.79 Å². The fourth-order valence-electron chi connectivity index (χ4n) is 1.52. The van der Waals surface area contributed by atoms with Crippen LogP contribution in [-0.4, -0.2) is 27.6 Å². The number of halogens is 2. The largest absolute Gasteiger partial charge is 0.324 e. The molecule has 9 heteroatoms. The van der Waals surface area contributed by atoms with Crippen molar-refractivity contribution in [3.05, 3.63) is 28.2 Å².